The fraction of sp³-hybridized carbons (Fsp3) is 1.00. The maximum atomic E-state index is 5.80. The molecule has 0 aromatic carbocycles. The molecule has 0 aromatic heterocycles. The summed E-state index contributed by atoms with van der Waals surface area (Å²) in [6.45, 7) is 12.1. The molecule has 0 aliphatic rings. The van der Waals surface area contributed by atoms with Crippen LogP contribution in [0.3, 0.4) is 0 Å². The SMILES string of the molecule is CCC(CCC(C)C)OCC(C)C. The van der Waals surface area contributed by atoms with Crippen molar-refractivity contribution in [3.05, 3.63) is 0 Å². The van der Waals surface area contributed by atoms with Crippen LogP contribution < -0.4 is 0 Å². The molecule has 0 rings (SSSR count). The molecular formula is C12H26O. The van der Waals surface area contributed by atoms with Gasteiger partial charge in [-0.2, -0.15) is 0 Å². The molecule has 1 unspecified atom stereocenters. The van der Waals surface area contributed by atoms with Gasteiger partial charge in [0.05, 0.1) is 6.10 Å². The van der Waals surface area contributed by atoms with E-state index in [1.54, 1.807) is 0 Å². The predicted octanol–water partition coefficient (Wildman–Crippen LogP) is 3.87. The summed E-state index contributed by atoms with van der Waals surface area (Å²) in [7, 11) is 0. The summed E-state index contributed by atoms with van der Waals surface area (Å²) in [5, 5.41) is 0. The first-order valence-corrected chi connectivity index (χ1v) is 5.67. The first kappa shape index (κ1) is 13.0. The van der Waals surface area contributed by atoms with Crippen LogP contribution in [-0.2, 0) is 4.74 Å². The van der Waals surface area contributed by atoms with Gasteiger partial charge in [0.1, 0.15) is 0 Å². The van der Waals surface area contributed by atoms with Gasteiger partial charge in [-0.15, -0.1) is 0 Å². The number of hydrogen-bond donors (Lipinski definition) is 0. The van der Waals surface area contributed by atoms with Crippen molar-refractivity contribution >= 4 is 0 Å². The van der Waals surface area contributed by atoms with Crippen LogP contribution in [0, 0.1) is 11.8 Å². The van der Waals surface area contributed by atoms with E-state index >= 15 is 0 Å². The number of rotatable bonds is 7. The summed E-state index contributed by atoms with van der Waals surface area (Å²) in [6.07, 6.45) is 4.15. The van der Waals surface area contributed by atoms with Crippen LogP contribution in [0.25, 0.3) is 0 Å². The van der Waals surface area contributed by atoms with Gasteiger partial charge in [0.2, 0.25) is 0 Å². The fourth-order valence-corrected chi connectivity index (χ4v) is 1.25. The van der Waals surface area contributed by atoms with Crippen molar-refractivity contribution < 1.29 is 4.74 Å². The van der Waals surface area contributed by atoms with Crippen LogP contribution in [0.5, 0.6) is 0 Å². The monoisotopic (exact) mass is 186 g/mol. The van der Waals surface area contributed by atoms with Gasteiger partial charge in [-0.3, -0.25) is 0 Å². The van der Waals surface area contributed by atoms with Crippen molar-refractivity contribution in [3.63, 3.8) is 0 Å². The molecule has 0 aromatic rings. The second kappa shape index (κ2) is 7.37. The number of hydrogen-bond acceptors (Lipinski definition) is 1. The van der Waals surface area contributed by atoms with E-state index in [0.717, 1.165) is 18.9 Å². The van der Waals surface area contributed by atoms with E-state index in [0.29, 0.717) is 12.0 Å². The van der Waals surface area contributed by atoms with Crippen molar-refractivity contribution in [1.29, 1.82) is 0 Å². The lowest BCUT2D eigenvalue weighted by molar-refractivity contribution is 0.0254. The Morgan fingerprint density at radius 2 is 1.54 bits per heavy atom. The predicted molar refractivity (Wildman–Crippen MR) is 58.9 cm³/mol. The van der Waals surface area contributed by atoms with E-state index in [1.165, 1.54) is 12.8 Å². The molecule has 0 saturated heterocycles. The van der Waals surface area contributed by atoms with Crippen molar-refractivity contribution in [2.24, 2.45) is 11.8 Å². The Balaban J connectivity index is 3.51. The highest BCUT2D eigenvalue weighted by molar-refractivity contribution is 4.58. The van der Waals surface area contributed by atoms with E-state index in [-0.39, 0.29) is 0 Å². The highest BCUT2D eigenvalue weighted by atomic mass is 16.5. The summed E-state index contributed by atoms with van der Waals surface area (Å²) in [5.41, 5.74) is 0. The van der Waals surface area contributed by atoms with Crippen molar-refractivity contribution in [2.45, 2.75) is 60.0 Å². The molecule has 13 heavy (non-hydrogen) atoms. The molecule has 0 aliphatic carbocycles. The van der Waals surface area contributed by atoms with E-state index in [9.17, 15) is 0 Å². The zero-order valence-electron chi connectivity index (χ0n) is 9.97. The summed E-state index contributed by atoms with van der Waals surface area (Å²) in [6, 6.07) is 0. The lowest BCUT2D eigenvalue weighted by Gasteiger charge is -2.18. The fourth-order valence-electron chi connectivity index (χ4n) is 1.25. The summed E-state index contributed by atoms with van der Waals surface area (Å²) < 4.78 is 5.80. The molecule has 0 fully saturated rings. The van der Waals surface area contributed by atoms with E-state index < -0.39 is 0 Å². The van der Waals surface area contributed by atoms with Crippen molar-refractivity contribution in [2.75, 3.05) is 6.61 Å². The van der Waals surface area contributed by atoms with E-state index in [1.807, 2.05) is 0 Å². The molecule has 0 saturated carbocycles. The molecule has 0 N–H and O–H groups in total. The van der Waals surface area contributed by atoms with Crippen LogP contribution in [0.1, 0.15) is 53.9 Å². The third-order valence-electron chi connectivity index (χ3n) is 2.19. The normalized spacial score (nSPS) is 14.1. The standard InChI is InChI=1S/C12H26O/c1-6-12(8-7-10(2)3)13-9-11(4)5/h10-12H,6-9H2,1-5H3. The quantitative estimate of drug-likeness (QED) is 0.586. The van der Waals surface area contributed by atoms with E-state index in [4.69, 9.17) is 4.74 Å². The Morgan fingerprint density at radius 1 is 0.923 bits per heavy atom. The molecule has 0 aliphatic heterocycles. The largest absolute Gasteiger partial charge is 0.378 e. The van der Waals surface area contributed by atoms with Crippen LogP contribution in [-0.4, -0.2) is 12.7 Å². The van der Waals surface area contributed by atoms with Crippen LogP contribution >= 0.6 is 0 Å². The minimum Gasteiger partial charge on any atom is -0.378 e. The molecule has 1 nitrogen and oxygen atoms in total. The Hall–Kier alpha value is -0.0400. The Labute approximate surface area is 83.9 Å². The van der Waals surface area contributed by atoms with Crippen molar-refractivity contribution in [1.82, 2.24) is 0 Å². The third kappa shape index (κ3) is 8.29. The second-order valence-electron chi connectivity index (χ2n) is 4.73. The third-order valence-corrected chi connectivity index (χ3v) is 2.19. The molecule has 0 radical (unpaired) electrons. The average molecular weight is 186 g/mol. The zero-order chi connectivity index (χ0) is 10.3. The topological polar surface area (TPSA) is 9.23 Å². The van der Waals surface area contributed by atoms with Gasteiger partial charge in [-0.1, -0.05) is 34.6 Å². The summed E-state index contributed by atoms with van der Waals surface area (Å²) in [4.78, 5) is 0. The van der Waals surface area contributed by atoms with Crippen LogP contribution in [0.15, 0.2) is 0 Å². The van der Waals surface area contributed by atoms with E-state index in [2.05, 4.69) is 34.6 Å². The first-order valence-electron chi connectivity index (χ1n) is 5.67. The molecule has 0 bridgehead atoms. The summed E-state index contributed by atoms with van der Waals surface area (Å²) >= 11 is 0. The maximum absolute atomic E-state index is 5.80. The molecular weight excluding hydrogens is 160 g/mol. The van der Waals surface area contributed by atoms with Crippen LogP contribution in [0.4, 0.5) is 0 Å². The van der Waals surface area contributed by atoms with Gasteiger partial charge in [0.15, 0.2) is 0 Å². The average Bonchev–Trinajstić information content (AvgIpc) is 2.04. The molecule has 0 amide bonds. The number of ether oxygens (including phenoxy) is 1. The zero-order valence-corrected chi connectivity index (χ0v) is 9.97. The molecule has 1 atom stereocenters. The molecule has 0 spiro atoms. The molecule has 80 valence electrons. The minimum atomic E-state index is 0.491. The minimum absolute atomic E-state index is 0.491. The highest BCUT2D eigenvalue weighted by Crippen LogP contribution is 2.13. The first-order chi connectivity index (χ1) is 6.06. The van der Waals surface area contributed by atoms with Gasteiger partial charge in [0.25, 0.3) is 0 Å². The Kier molecular flexibility index (Phi) is 7.35. The van der Waals surface area contributed by atoms with Gasteiger partial charge in [-0.05, 0) is 31.1 Å². The second-order valence-corrected chi connectivity index (χ2v) is 4.73. The smallest absolute Gasteiger partial charge is 0.0572 e. The maximum Gasteiger partial charge on any atom is 0.0572 e. The molecule has 1 heteroatoms. The lowest BCUT2D eigenvalue weighted by Crippen LogP contribution is -2.16. The van der Waals surface area contributed by atoms with Crippen LogP contribution in [0.2, 0.25) is 0 Å². The Morgan fingerprint density at radius 3 is 1.92 bits per heavy atom. The van der Waals surface area contributed by atoms with Gasteiger partial charge in [0, 0.05) is 6.61 Å². The van der Waals surface area contributed by atoms with Crippen molar-refractivity contribution in [3.8, 4) is 0 Å². The molecule has 0 heterocycles. The lowest BCUT2D eigenvalue weighted by atomic mass is 10.0. The van der Waals surface area contributed by atoms with Gasteiger partial charge >= 0.3 is 0 Å². The Bertz CT molecular complexity index is 95.7. The van der Waals surface area contributed by atoms with Gasteiger partial charge in [-0.25, -0.2) is 0 Å². The van der Waals surface area contributed by atoms with Gasteiger partial charge < -0.3 is 4.74 Å². The summed E-state index contributed by atoms with van der Waals surface area (Å²) in [5.74, 6) is 1.46. The highest BCUT2D eigenvalue weighted by Gasteiger charge is 2.08.